The van der Waals surface area contributed by atoms with Crippen molar-refractivity contribution in [1.29, 1.82) is 0 Å². The van der Waals surface area contributed by atoms with E-state index < -0.39 is 0 Å². The molecule has 3 N–H and O–H groups in total. The van der Waals surface area contributed by atoms with Crippen molar-refractivity contribution in [3.05, 3.63) is 102 Å². The Hall–Kier alpha value is -4.06. The summed E-state index contributed by atoms with van der Waals surface area (Å²) in [6, 6.07) is 24.8. The molecule has 6 nitrogen and oxygen atoms in total. The number of nitrogens with one attached hydrogen (secondary N) is 3. The molecule has 0 aliphatic carbocycles. The Morgan fingerprint density at radius 3 is 2.38 bits per heavy atom. The number of para-hydroxylation sites is 1. The molecule has 0 aliphatic rings. The van der Waals surface area contributed by atoms with Crippen LogP contribution >= 0.6 is 0 Å². The molecule has 6 heteroatoms. The first-order valence-corrected chi connectivity index (χ1v) is 11.4. The van der Waals surface area contributed by atoms with Gasteiger partial charge in [0.2, 0.25) is 5.91 Å². The van der Waals surface area contributed by atoms with Gasteiger partial charge in [0.15, 0.2) is 0 Å². The predicted octanol–water partition coefficient (Wildman–Crippen LogP) is 4.63. The number of amides is 2. The predicted molar refractivity (Wildman–Crippen MR) is 134 cm³/mol. The van der Waals surface area contributed by atoms with Gasteiger partial charge in [-0.25, -0.2) is 0 Å². The summed E-state index contributed by atoms with van der Waals surface area (Å²) < 4.78 is 5.31. The molecule has 0 fully saturated rings. The summed E-state index contributed by atoms with van der Waals surface area (Å²) in [5.74, 6) is 0.448. The smallest absolute Gasteiger partial charge is 0.251 e. The van der Waals surface area contributed by atoms with Crippen LogP contribution in [0, 0.1) is 0 Å². The summed E-state index contributed by atoms with van der Waals surface area (Å²) in [6.45, 7) is 2.27. The van der Waals surface area contributed by atoms with Crippen LogP contribution in [-0.2, 0) is 4.79 Å². The summed E-state index contributed by atoms with van der Waals surface area (Å²) in [4.78, 5) is 28.4. The highest BCUT2D eigenvalue weighted by Gasteiger charge is 2.20. The SMILES string of the molecule is COc1ccc([C@@H](CNC(=O)C[C@H](C)NC(=O)c2ccccc2)c2c[nH]c3ccccc23)cc1. The molecule has 4 rings (SSSR count). The zero-order valence-corrected chi connectivity index (χ0v) is 19.4. The van der Waals surface area contributed by atoms with Gasteiger partial charge in [-0.05, 0) is 48.4 Å². The van der Waals surface area contributed by atoms with E-state index in [9.17, 15) is 9.59 Å². The van der Waals surface area contributed by atoms with E-state index in [-0.39, 0.29) is 30.2 Å². The average Bonchev–Trinajstić information content (AvgIpc) is 3.29. The van der Waals surface area contributed by atoms with E-state index >= 15 is 0 Å². The summed E-state index contributed by atoms with van der Waals surface area (Å²) in [7, 11) is 1.64. The number of carbonyl (C=O) groups excluding carboxylic acids is 2. The van der Waals surface area contributed by atoms with Crippen LogP contribution in [0.2, 0.25) is 0 Å². The van der Waals surface area contributed by atoms with Gasteiger partial charge < -0.3 is 20.4 Å². The van der Waals surface area contributed by atoms with Crippen molar-refractivity contribution >= 4 is 22.7 Å². The molecule has 1 heterocycles. The van der Waals surface area contributed by atoms with E-state index in [1.807, 2.05) is 73.8 Å². The summed E-state index contributed by atoms with van der Waals surface area (Å²) in [5, 5.41) is 7.09. The lowest BCUT2D eigenvalue weighted by molar-refractivity contribution is -0.121. The molecule has 4 aromatic rings. The van der Waals surface area contributed by atoms with E-state index in [0.717, 1.165) is 27.8 Å². The molecule has 2 amide bonds. The van der Waals surface area contributed by atoms with E-state index in [1.165, 1.54) is 0 Å². The lowest BCUT2D eigenvalue weighted by atomic mass is 9.90. The Morgan fingerprint density at radius 1 is 0.941 bits per heavy atom. The molecule has 3 aromatic carbocycles. The molecule has 2 atom stereocenters. The van der Waals surface area contributed by atoms with Crippen LogP contribution in [0.4, 0.5) is 0 Å². The van der Waals surface area contributed by atoms with Crippen LogP contribution in [0.3, 0.4) is 0 Å². The van der Waals surface area contributed by atoms with Crippen molar-refractivity contribution in [3.63, 3.8) is 0 Å². The molecule has 0 radical (unpaired) electrons. The van der Waals surface area contributed by atoms with Crippen LogP contribution < -0.4 is 15.4 Å². The van der Waals surface area contributed by atoms with Gasteiger partial charge in [0, 0.05) is 47.6 Å². The van der Waals surface area contributed by atoms with E-state index in [4.69, 9.17) is 4.74 Å². The number of hydrogen-bond acceptors (Lipinski definition) is 3. The number of H-pyrrole nitrogens is 1. The third kappa shape index (κ3) is 5.46. The second kappa shape index (κ2) is 10.7. The maximum absolute atomic E-state index is 12.8. The minimum Gasteiger partial charge on any atom is -0.497 e. The monoisotopic (exact) mass is 455 g/mol. The van der Waals surface area contributed by atoms with E-state index in [1.54, 1.807) is 19.2 Å². The number of fused-ring (bicyclic) bond motifs is 1. The Kier molecular flexibility index (Phi) is 7.28. The van der Waals surface area contributed by atoms with Gasteiger partial charge in [-0.15, -0.1) is 0 Å². The number of rotatable bonds is 9. The molecule has 0 saturated heterocycles. The van der Waals surface area contributed by atoms with Crippen LogP contribution in [0.1, 0.15) is 40.7 Å². The van der Waals surface area contributed by atoms with Gasteiger partial charge in [0.1, 0.15) is 5.75 Å². The molecule has 0 spiro atoms. The number of carbonyl (C=O) groups is 2. The third-order valence-corrected chi connectivity index (χ3v) is 5.92. The Balaban J connectivity index is 1.45. The van der Waals surface area contributed by atoms with Gasteiger partial charge >= 0.3 is 0 Å². The maximum atomic E-state index is 12.8. The van der Waals surface area contributed by atoms with Crippen molar-refractivity contribution in [1.82, 2.24) is 15.6 Å². The fourth-order valence-corrected chi connectivity index (χ4v) is 4.14. The number of aromatic nitrogens is 1. The van der Waals surface area contributed by atoms with Gasteiger partial charge in [-0.2, -0.15) is 0 Å². The van der Waals surface area contributed by atoms with Gasteiger partial charge in [0.05, 0.1) is 7.11 Å². The Labute approximate surface area is 199 Å². The number of ether oxygens (including phenoxy) is 1. The molecule has 1 aromatic heterocycles. The van der Waals surface area contributed by atoms with E-state index in [0.29, 0.717) is 12.1 Å². The Morgan fingerprint density at radius 2 is 1.65 bits per heavy atom. The maximum Gasteiger partial charge on any atom is 0.251 e. The van der Waals surface area contributed by atoms with Crippen molar-refractivity contribution in [2.75, 3.05) is 13.7 Å². The molecule has 174 valence electrons. The normalized spacial score (nSPS) is 12.6. The molecular weight excluding hydrogens is 426 g/mol. The van der Waals surface area contributed by atoms with Crippen molar-refractivity contribution in [2.45, 2.75) is 25.3 Å². The van der Waals surface area contributed by atoms with Crippen molar-refractivity contribution < 1.29 is 14.3 Å². The highest BCUT2D eigenvalue weighted by molar-refractivity contribution is 5.94. The first kappa shape index (κ1) is 23.1. The zero-order chi connectivity index (χ0) is 23.9. The third-order valence-electron chi connectivity index (χ3n) is 5.92. The zero-order valence-electron chi connectivity index (χ0n) is 19.4. The number of hydrogen-bond donors (Lipinski definition) is 3. The molecule has 0 bridgehead atoms. The van der Waals surface area contributed by atoms with Gasteiger partial charge in [0.25, 0.3) is 5.91 Å². The van der Waals surface area contributed by atoms with E-state index in [2.05, 4.69) is 21.7 Å². The quantitative estimate of drug-likeness (QED) is 0.344. The standard InChI is InChI=1S/C28H29N3O3/c1-19(31-28(33)21-8-4-3-5-9-21)16-27(32)30-17-24(20-12-14-22(34-2)15-13-20)25-18-29-26-11-7-6-10-23(25)26/h3-15,18-19,24,29H,16-17H2,1-2H3,(H,30,32)(H,31,33)/t19-,24+/m0/s1. The first-order chi connectivity index (χ1) is 16.5. The highest BCUT2D eigenvalue weighted by Crippen LogP contribution is 2.31. The second-order valence-corrected chi connectivity index (χ2v) is 8.36. The lowest BCUT2D eigenvalue weighted by Gasteiger charge is -2.20. The molecular formula is C28H29N3O3. The van der Waals surface area contributed by atoms with Gasteiger partial charge in [-0.3, -0.25) is 9.59 Å². The largest absolute Gasteiger partial charge is 0.497 e. The van der Waals surface area contributed by atoms with Crippen LogP contribution in [0.25, 0.3) is 10.9 Å². The summed E-state index contributed by atoms with van der Waals surface area (Å²) >= 11 is 0. The molecule has 34 heavy (non-hydrogen) atoms. The number of benzene rings is 3. The average molecular weight is 456 g/mol. The lowest BCUT2D eigenvalue weighted by Crippen LogP contribution is -2.38. The molecule has 0 aliphatic heterocycles. The molecule has 0 unspecified atom stereocenters. The molecule has 0 saturated carbocycles. The fourth-order valence-electron chi connectivity index (χ4n) is 4.14. The highest BCUT2D eigenvalue weighted by atomic mass is 16.5. The topological polar surface area (TPSA) is 83.2 Å². The van der Waals surface area contributed by atoms with Crippen LogP contribution in [0.15, 0.2) is 85.1 Å². The van der Waals surface area contributed by atoms with Crippen LogP contribution in [-0.4, -0.2) is 36.5 Å². The summed E-state index contributed by atoms with van der Waals surface area (Å²) in [5.41, 5.74) is 3.83. The van der Waals surface area contributed by atoms with Crippen molar-refractivity contribution in [3.8, 4) is 5.75 Å². The fraction of sp³-hybridized carbons (Fsp3) is 0.214. The minimum absolute atomic E-state index is 0.0415. The van der Waals surface area contributed by atoms with Crippen molar-refractivity contribution in [2.24, 2.45) is 0 Å². The number of methoxy groups -OCH3 is 1. The minimum atomic E-state index is -0.291. The number of aromatic amines is 1. The first-order valence-electron chi connectivity index (χ1n) is 11.4. The second-order valence-electron chi connectivity index (χ2n) is 8.36. The van der Waals surface area contributed by atoms with Gasteiger partial charge in [-0.1, -0.05) is 48.5 Å². The van der Waals surface area contributed by atoms with Crippen LogP contribution in [0.5, 0.6) is 5.75 Å². The summed E-state index contributed by atoms with van der Waals surface area (Å²) in [6.07, 6.45) is 2.20. The Bertz CT molecular complexity index is 1250.